The van der Waals surface area contributed by atoms with Gasteiger partial charge in [-0.3, -0.25) is 8.42 Å². The van der Waals surface area contributed by atoms with Crippen molar-refractivity contribution in [2.45, 2.75) is 0 Å². The minimum absolute atomic E-state index is 0. The number of hydrogen-bond acceptors (Lipinski definition) is 5. The second-order valence-corrected chi connectivity index (χ2v) is 1.22. The Hall–Kier alpha value is 0.349. The Kier molecular flexibility index (Phi) is 10.1. The van der Waals surface area contributed by atoms with Gasteiger partial charge in [0.05, 0.1) is 0 Å². The van der Waals surface area contributed by atoms with E-state index in [9.17, 15) is 0 Å². The summed E-state index contributed by atoms with van der Waals surface area (Å²) >= 11 is 0. The van der Waals surface area contributed by atoms with Gasteiger partial charge in [0.25, 0.3) is 0 Å². The molecule has 0 atom stereocenters. The quantitative estimate of drug-likeness (QED) is 0.248. The summed E-state index contributed by atoms with van der Waals surface area (Å²) in [5, 5.41) is 0. The topological polar surface area (TPSA) is 110 Å². The second kappa shape index (κ2) is 4.51. The molecule has 1 N–H and O–H groups in total. The maximum absolute atomic E-state index is 8.52. The Bertz CT molecular complexity index is 91.2. The average Bonchev–Trinajstić information content (AvgIpc) is 0.722. The predicted octanol–water partition coefficient (Wildman–Crippen LogP) is -1.52. The summed E-state index contributed by atoms with van der Waals surface area (Å²) in [6, 6.07) is 0. The first-order valence-corrected chi connectivity index (χ1v) is 2.00. The van der Waals surface area contributed by atoms with Crippen LogP contribution in [0.4, 0.5) is 0 Å². The van der Waals surface area contributed by atoms with Gasteiger partial charge in [-0.2, -0.15) is 0 Å². The van der Waals surface area contributed by atoms with Crippen molar-refractivity contribution < 1.29 is 40.1 Å². The van der Waals surface area contributed by atoms with Crippen LogP contribution in [0, 0.1) is 0 Å². The minimum Gasteiger partial charge on any atom is -0.870 e. The Morgan fingerprint density at radius 3 is 1.14 bits per heavy atom. The van der Waals surface area contributed by atoms with Crippen molar-refractivity contribution in [2.75, 3.05) is 0 Å². The van der Waals surface area contributed by atoms with Crippen LogP contribution in [-0.2, 0) is 27.5 Å². The first kappa shape index (κ1) is 15.7. The molecule has 0 aliphatic carbocycles. The fourth-order valence-corrected chi connectivity index (χ4v) is 0. The molecular formula is HFeO5S-3. The molecular weight excluding hydrogens is 168 g/mol. The second-order valence-electron chi connectivity index (χ2n) is 0.408. The van der Waals surface area contributed by atoms with Crippen LogP contribution >= 0.6 is 0 Å². The molecule has 0 unspecified atom stereocenters. The van der Waals surface area contributed by atoms with E-state index in [0.29, 0.717) is 0 Å². The van der Waals surface area contributed by atoms with Gasteiger partial charge in [0, 0.05) is 27.5 Å². The van der Waals surface area contributed by atoms with Gasteiger partial charge < -0.3 is 14.6 Å². The van der Waals surface area contributed by atoms with Crippen molar-refractivity contribution in [3.63, 3.8) is 0 Å². The van der Waals surface area contributed by atoms with Crippen LogP contribution in [0.3, 0.4) is 0 Å². The molecule has 0 aromatic rings. The Balaban J connectivity index is -0.0000000800. The molecule has 0 radical (unpaired) electrons. The summed E-state index contributed by atoms with van der Waals surface area (Å²) in [5.74, 6) is 0. The van der Waals surface area contributed by atoms with E-state index in [1.165, 1.54) is 0 Å². The maximum atomic E-state index is 8.52. The van der Waals surface area contributed by atoms with Gasteiger partial charge in [0.15, 0.2) is 0 Å². The van der Waals surface area contributed by atoms with Gasteiger partial charge in [-0.15, -0.1) is 0 Å². The van der Waals surface area contributed by atoms with Gasteiger partial charge in [-0.25, -0.2) is 0 Å². The molecule has 7 heteroatoms. The molecule has 0 aliphatic heterocycles. The SMILES string of the molecule is O=S(=O)([O-])[O-].[Fe].[OH-]. The van der Waals surface area contributed by atoms with Crippen molar-refractivity contribution in [3.05, 3.63) is 0 Å². The molecule has 0 amide bonds. The molecule has 0 aliphatic rings. The van der Waals surface area contributed by atoms with E-state index in [0.717, 1.165) is 0 Å². The van der Waals surface area contributed by atoms with Crippen LogP contribution in [0.25, 0.3) is 0 Å². The van der Waals surface area contributed by atoms with Gasteiger partial charge in [0.2, 0.25) is 0 Å². The minimum atomic E-state index is -5.17. The Morgan fingerprint density at radius 1 is 1.14 bits per heavy atom. The van der Waals surface area contributed by atoms with Crippen LogP contribution in [-0.4, -0.2) is 23.0 Å². The predicted molar refractivity (Wildman–Crippen MR) is 12.4 cm³/mol. The van der Waals surface area contributed by atoms with E-state index < -0.39 is 10.4 Å². The molecule has 0 aromatic heterocycles. The molecule has 0 bridgehead atoms. The normalized spacial score (nSPS) is 8.29. The number of hydrogen-bond donors (Lipinski definition) is 0. The summed E-state index contributed by atoms with van der Waals surface area (Å²) in [7, 11) is -5.17. The van der Waals surface area contributed by atoms with Crippen molar-refractivity contribution in [2.24, 2.45) is 0 Å². The third kappa shape index (κ3) is 983. The van der Waals surface area contributed by atoms with E-state index in [1.54, 1.807) is 0 Å². The molecule has 5 nitrogen and oxygen atoms in total. The van der Waals surface area contributed by atoms with Crippen LogP contribution in [0.1, 0.15) is 0 Å². The third-order valence-corrected chi connectivity index (χ3v) is 0. The summed E-state index contributed by atoms with van der Waals surface area (Å²) in [5.41, 5.74) is 0. The van der Waals surface area contributed by atoms with Gasteiger partial charge in [-0.05, 0) is 0 Å². The summed E-state index contributed by atoms with van der Waals surface area (Å²) in [6.45, 7) is 0. The molecule has 0 saturated heterocycles. The molecule has 7 heavy (non-hydrogen) atoms. The first-order valence-electron chi connectivity index (χ1n) is 0.667. The van der Waals surface area contributed by atoms with E-state index >= 15 is 0 Å². The molecule has 0 heterocycles. The van der Waals surface area contributed by atoms with E-state index in [2.05, 4.69) is 0 Å². The number of rotatable bonds is 0. The molecule has 0 saturated carbocycles. The first-order chi connectivity index (χ1) is 2.00. The fourth-order valence-electron chi connectivity index (χ4n) is 0. The Labute approximate surface area is 51.1 Å². The zero-order valence-corrected chi connectivity index (χ0v) is 4.76. The van der Waals surface area contributed by atoms with E-state index in [4.69, 9.17) is 17.5 Å². The van der Waals surface area contributed by atoms with Gasteiger partial charge in [-0.1, -0.05) is 0 Å². The van der Waals surface area contributed by atoms with Crippen molar-refractivity contribution in [1.29, 1.82) is 0 Å². The zero-order chi connectivity index (χ0) is 4.50. The average molecular weight is 169 g/mol. The summed E-state index contributed by atoms with van der Waals surface area (Å²) < 4.78 is 34.1. The van der Waals surface area contributed by atoms with E-state index in [1.807, 2.05) is 0 Å². The standard InChI is InChI=1S/Fe.H2O4S.H2O/c;1-5(2,3)4;/h;(H2,1,2,3,4);1H2/p-3. The maximum Gasteiger partial charge on any atom is 0.0311 e. The van der Waals surface area contributed by atoms with E-state index in [-0.39, 0.29) is 22.5 Å². The van der Waals surface area contributed by atoms with Gasteiger partial charge >= 0.3 is 0 Å². The summed E-state index contributed by atoms with van der Waals surface area (Å²) in [4.78, 5) is 0. The van der Waals surface area contributed by atoms with Crippen LogP contribution in [0.2, 0.25) is 0 Å². The van der Waals surface area contributed by atoms with Gasteiger partial charge in [0.1, 0.15) is 0 Å². The zero-order valence-electron chi connectivity index (χ0n) is 2.84. The smallest absolute Gasteiger partial charge is 0.0311 e. The molecule has 48 valence electrons. The fraction of sp³-hybridized carbons (Fsp3) is 0. The summed E-state index contributed by atoms with van der Waals surface area (Å²) in [6.07, 6.45) is 0. The van der Waals surface area contributed by atoms with Crippen LogP contribution in [0.5, 0.6) is 0 Å². The Morgan fingerprint density at radius 2 is 1.14 bits per heavy atom. The van der Waals surface area contributed by atoms with Crippen molar-refractivity contribution in [1.82, 2.24) is 0 Å². The monoisotopic (exact) mass is 169 g/mol. The van der Waals surface area contributed by atoms with Crippen molar-refractivity contribution >= 4 is 10.4 Å². The molecule has 0 aromatic carbocycles. The van der Waals surface area contributed by atoms with Crippen molar-refractivity contribution in [3.8, 4) is 0 Å². The molecule has 0 rings (SSSR count). The molecule has 0 fully saturated rings. The molecule has 0 spiro atoms. The van der Waals surface area contributed by atoms with Crippen LogP contribution in [0.15, 0.2) is 0 Å². The van der Waals surface area contributed by atoms with Crippen LogP contribution < -0.4 is 0 Å². The third-order valence-electron chi connectivity index (χ3n) is 0. The largest absolute Gasteiger partial charge is 0.870 e.